The Hall–Kier alpha value is -2.33. The van der Waals surface area contributed by atoms with Crippen LogP contribution in [0.25, 0.3) is 22.0 Å². The lowest BCUT2D eigenvalue weighted by molar-refractivity contribution is 0.398. The normalized spacial score (nSPS) is 10.6. The number of hydrogen-bond acceptors (Lipinski definition) is 4. The number of methoxy groups -OCH3 is 2. The van der Waals surface area contributed by atoms with E-state index in [4.69, 9.17) is 21.1 Å². The van der Waals surface area contributed by atoms with Gasteiger partial charge < -0.3 is 9.47 Å². The van der Waals surface area contributed by atoms with Crippen molar-refractivity contribution in [2.24, 2.45) is 0 Å². The minimum atomic E-state index is 0.413. The van der Waals surface area contributed by atoms with Crippen molar-refractivity contribution in [3.05, 3.63) is 47.7 Å². The standard InChI is InChI=1S/C16H13ClN2O2/c1-20-11-3-4-15-13(8-11)12(5-6-18-15)10-7-14(17)16(21-2)19-9-10/h3-9H,1-2H3. The van der Waals surface area contributed by atoms with Crippen LogP contribution in [0.2, 0.25) is 5.02 Å². The quantitative estimate of drug-likeness (QED) is 0.734. The first-order chi connectivity index (χ1) is 10.2. The fourth-order valence-corrected chi connectivity index (χ4v) is 2.47. The van der Waals surface area contributed by atoms with Crippen LogP contribution in [0, 0.1) is 0 Å². The van der Waals surface area contributed by atoms with Gasteiger partial charge in [-0.25, -0.2) is 4.98 Å². The highest BCUT2D eigenvalue weighted by atomic mass is 35.5. The summed E-state index contributed by atoms with van der Waals surface area (Å²) >= 11 is 6.16. The van der Waals surface area contributed by atoms with E-state index in [1.165, 1.54) is 0 Å². The van der Waals surface area contributed by atoms with Gasteiger partial charge in [-0.1, -0.05) is 11.6 Å². The zero-order valence-corrected chi connectivity index (χ0v) is 12.4. The predicted octanol–water partition coefficient (Wildman–Crippen LogP) is 3.97. The average molecular weight is 301 g/mol. The number of fused-ring (bicyclic) bond motifs is 1. The van der Waals surface area contributed by atoms with Crippen LogP contribution in [-0.4, -0.2) is 24.2 Å². The van der Waals surface area contributed by atoms with E-state index in [1.807, 2.05) is 30.3 Å². The molecule has 3 rings (SSSR count). The second-order valence-corrected chi connectivity index (χ2v) is 4.86. The van der Waals surface area contributed by atoms with Gasteiger partial charge in [-0.15, -0.1) is 0 Å². The van der Waals surface area contributed by atoms with E-state index in [1.54, 1.807) is 26.6 Å². The maximum atomic E-state index is 6.16. The van der Waals surface area contributed by atoms with E-state index in [0.29, 0.717) is 10.9 Å². The number of nitrogens with zero attached hydrogens (tertiary/aromatic N) is 2. The SMILES string of the molecule is COc1ccc2nccc(-c3cnc(OC)c(Cl)c3)c2c1. The molecule has 0 N–H and O–H groups in total. The van der Waals surface area contributed by atoms with Crippen molar-refractivity contribution in [1.29, 1.82) is 0 Å². The van der Waals surface area contributed by atoms with Gasteiger partial charge >= 0.3 is 0 Å². The molecule has 0 radical (unpaired) electrons. The first kappa shape index (κ1) is 13.6. The molecule has 2 aromatic heterocycles. The fraction of sp³-hybridized carbons (Fsp3) is 0.125. The lowest BCUT2D eigenvalue weighted by Crippen LogP contribution is -1.91. The van der Waals surface area contributed by atoms with Crippen LogP contribution < -0.4 is 9.47 Å². The number of ether oxygens (including phenoxy) is 2. The van der Waals surface area contributed by atoms with Crippen molar-refractivity contribution in [3.8, 4) is 22.8 Å². The average Bonchev–Trinajstić information content (AvgIpc) is 2.53. The molecule has 4 nitrogen and oxygen atoms in total. The minimum Gasteiger partial charge on any atom is -0.497 e. The highest BCUT2D eigenvalue weighted by Gasteiger charge is 2.09. The molecule has 0 fully saturated rings. The summed E-state index contributed by atoms with van der Waals surface area (Å²) in [7, 11) is 3.18. The molecule has 2 heterocycles. The van der Waals surface area contributed by atoms with Crippen LogP contribution in [0.15, 0.2) is 42.7 Å². The van der Waals surface area contributed by atoms with E-state index in [0.717, 1.165) is 27.8 Å². The number of aromatic nitrogens is 2. The van der Waals surface area contributed by atoms with Gasteiger partial charge in [-0.3, -0.25) is 4.98 Å². The molecule has 0 atom stereocenters. The van der Waals surface area contributed by atoms with E-state index in [-0.39, 0.29) is 0 Å². The molecule has 0 unspecified atom stereocenters. The topological polar surface area (TPSA) is 44.2 Å². The maximum absolute atomic E-state index is 6.16. The van der Waals surface area contributed by atoms with Gasteiger partial charge in [0.1, 0.15) is 10.8 Å². The molecule has 3 aromatic rings. The Balaban J connectivity index is 2.21. The summed E-state index contributed by atoms with van der Waals surface area (Å²) in [6.07, 6.45) is 3.50. The lowest BCUT2D eigenvalue weighted by atomic mass is 10.0. The summed E-state index contributed by atoms with van der Waals surface area (Å²) < 4.78 is 10.4. The molecule has 5 heteroatoms. The first-order valence-electron chi connectivity index (χ1n) is 6.35. The van der Waals surface area contributed by atoms with Crippen molar-refractivity contribution in [2.75, 3.05) is 14.2 Å². The zero-order chi connectivity index (χ0) is 14.8. The Kier molecular flexibility index (Phi) is 3.62. The molecule has 0 spiro atoms. The molecule has 21 heavy (non-hydrogen) atoms. The summed E-state index contributed by atoms with van der Waals surface area (Å²) in [5.74, 6) is 1.20. The van der Waals surface area contributed by atoms with Gasteiger partial charge in [0.25, 0.3) is 0 Å². The molecule has 0 aliphatic heterocycles. The van der Waals surface area contributed by atoms with Crippen LogP contribution in [0.4, 0.5) is 0 Å². The predicted molar refractivity (Wildman–Crippen MR) is 83.1 cm³/mol. The van der Waals surface area contributed by atoms with Crippen molar-refractivity contribution < 1.29 is 9.47 Å². The smallest absolute Gasteiger partial charge is 0.232 e. The summed E-state index contributed by atoms with van der Waals surface area (Å²) in [5.41, 5.74) is 2.79. The van der Waals surface area contributed by atoms with Gasteiger partial charge in [0, 0.05) is 23.3 Å². The molecule has 1 aromatic carbocycles. The summed E-state index contributed by atoms with van der Waals surface area (Å²) in [6, 6.07) is 9.54. The third kappa shape index (κ3) is 2.50. The highest BCUT2D eigenvalue weighted by Crippen LogP contribution is 2.33. The first-order valence-corrected chi connectivity index (χ1v) is 6.73. The molecule has 0 aliphatic rings. The number of pyridine rings is 2. The van der Waals surface area contributed by atoms with Gasteiger partial charge in [-0.2, -0.15) is 0 Å². The van der Waals surface area contributed by atoms with Crippen LogP contribution in [-0.2, 0) is 0 Å². The minimum absolute atomic E-state index is 0.413. The van der Waals surface area contributed by atoms with Crippen LogP contribution in [0.3, 0.4) is 0 Å². The van der Waals surface area contributed by atoms with Crippen molar-refractivity contribution >= 4 is 22.5 Å². The second kappa shape index (κ2) is 5.58. The second-order valence-electron chi connectivity index (χ2n) is 4.46. The summed E-state index contributed by atoms with van der Waals surface area (Å²) in [4.78, 5) is 8.58. The molecule has 0 saturated heterocycles. The van der Waals surface area contributed by atoms with Gasteiger partial charge in [0.2, 0.25) is 5.88 Å². The Bertz CT molecular complexity index is 805. The number of hydrogen-bond donors (Lipinski definition) is 0. The third-order valence-corrected chi connectivity index (χ3v) is 3.53. The van der Waals surface area contributed by atoms with Crippen LogP contribution in [0.1, 0.15) is 0 Å². The molecular formula is C16H13ClN2O2. The largest absolute Gasteiger partial charge is 0.497 e. The van der Waals surface area contributed by atoms with Gasteiger partial charge in [-0.05, 0) is 35.9 Å². The molecule has 0 bridgehead atoms. The molecule has 0 saturated carbocycles. The monoisotopic (exact) mass is 300 g/mol. The third-order valence-electron chi connectivity index (χ3n) is 3.26. The van der Waals surface area contributed by atoms with Gasteiger partial charge in [0.15, 0.2) is 0 Å². The van der Waals surface area contributed by atoms with E-state index < -0.39 is 0 Å². The van der Waals surface area contributed by atoms with E-state index in [9.17, 15) is 0 Å². The number of halogens is 1. The van der Waals surface area contributed by atoms with Gasteiger partial charge in [0.05, 0.1) is 19.7 Å². The molecular weight excluding hydrogens is 288 g/mol. The number of benzene rings is 1. The fourth-order valence-electron chi connectivity index (χ4n) is 2.23. The Morgan fingerprint density at radius 3 is 2.57 bits per heavy atom. The highest BCUT2D eigenvalue weighted by molar-refractivity contribution is 6.32. The number of rotatable bonds is 3. The molecule has 0 amide bonds. The van der Waals surface area contributed by atoms with Crippen molar-refractivity contribution in [1.82, 2.24) is 9.97 Å². The maximum Gasteiger partial charge on any atom is 0.232 e. The molecule has 0 aliphatic carbocycles. The van der Waals surface area contributed by atoms with Crippen molar-refractivity contribution in [2.45, 2.75) is 0 Å². The van der Waals surface area contributed by atoms with Crippen LogP contribution >= 0.6 is 11.6 Å². The molecule has 106 valence electrons. The Morgan fingerprint density at radius 2 is 1.86 bits per heavy atom. The Labute approximate surface area is 127 Å². The summed E-state index contributed by atoms with van der Waals surface area (Å²) in [5, 5.41) is 1.46. The van der Waals surface area contributed by atoms with Crippen LogP contribution in [0.5, 0.6) is 11.6 Å². The lowest BCUT2D eigenvalue weighted by Gasteiger charge is -2.09. The van der Waals surface area contributed by atoms with E-state index >= 15 is 0 Å². The summed E-state index contributed by atoms with van der Waals surface area (Å²) in [6.45, 7) is 0. The zero-order valence-electron chi connectivity index (χ0n) is 11.6. The Morgan fingerprint density at radius 1 is 1.00 bits per heavy atom. The van der Waals surface area contributed by atoms with Crippen molar-refractivity contribution in [3.63, 3.8) is 0 Å². The van der Waals surface area contributed by atoms with E-state index in [2.05, 4.69) is 9.97 Å².